The van der Waals surface area contributed by atoms with Crippen LogP contribution in [0.2, 0.25) is 0 Å². The molecule has 1 aliphatic carbocycles. The zero-order valence-corrected chi connectivity index (χ0v) is 16.8. The van der Waals surface area contributed by atoms with E-state index in [1.165, 1.54) is 40.5 Å². The minimum absolute atomic E-state index is 0.662. The van der Waals surface area contributed by atoms with E-state index in [9.17, 15) is 0 Å². The van der Waals surface area contributed by atoms with Crippen LogP contribution in [0.3, 0.4) is 0 Å². The van der Waals surface area contributed by atoms with E-state index in [0.29, 0.717) is 5.92 Å². The summed E-state index contributed by atoms with van der Waals surface area (Å²) in [5, 5.41) is 1.23. The molecule has 0 radical (unpaired) electrons. The first-order valence-electron chi connectivity index (χ1n) is 10.1. The molecule has 1 aliphatic rings. The van der Waals surface area contributed by atoms with E-state index in [1.54, 1.807) is 0 Å². The molecule has 1 atom stereocenters. The van der Waals surface area contributed by atoms with E-state index in [2.05, 4.69) is 70.2 Å². The van der Waals surface area contributed by atoms with Crippen LogP contribution in [0, 0.1) is 26.7 Å². The molecular formula is C25H28N2. The first-order valence-corrected chi connectivity index (χ1v) is 10.1. The van der Waals surface area contributed by atoms with Crippen LogP contribution < -0.4 is 0 Å². The lowest BCUT2D eigenvalue weighted by Crippen LogP contribution is -2.22. The second kappa shape index (κ2) is 7.26. The van der Waals surface area contributed by atoms with E-state index in [1.807, 2.05) is 0 Å². The quantitative estimate of drug-likeness (QED) is 0.516. The largest absolute Gasteiger partial charge is 0.251 e. The number of hydrogen-bond donors (Lipinski definition) is 0. The molecule has 1 unspecified atom stereocenters. The molecule has 1 heterocycles. The van der Waals surface area contributed by atoms with Crippen molar-refractivity contribution in [2.75, 3.05) is 0 Å². The third kappa shape index (κ3) is 3.53. The summed E-state index contributed by atoms with van der Waals surface area (Å²) in [6.45, 7) is 8.76. The van der Waals surface area contributed by atoms with Crippen molar-refractivity contribution in [1.82, 2.24) is 4.98 Å². The van der Waals surface area contributed by atoms with Gasteiger partial charge in [-0.2, -0.15) is 0 Å². The molecule has 138 valence electrons. The van der Waals surface area contributed by atoms with Crippen LogP contribution in [0.5, 0.6) is 0 Å². The Labute approximate surface area is 162 Å². The number of aliphatic imine (C=N–C) groups is 1. The van der Waals surface area contributed by atoms with Crippen molar-refractivity contribution in [2.24, 2.45) is 10.9 Å². The maximum absolute atomic E-state index is 5.19. The van der Waals surface area contributed by atoms with E-state index in [0.717, 1.165) is 35.5 Å². The molecule has 2 heteroatoms. The molecule has 2 aromatic carbocycles. The molecule has 4 rings (SSSR count). The van der Waals surface area contributed by atoms with Gasteiger partial charge in [0.15, 0.2) is 0 Å². The summed E-state index contributed by atoms with van der Waals surface area (Å²) in [6, 6.07) is 15.2. The van der Waals surface area contributed by atoms with Crippen molar-refractivity contribution in [3.8, 4) is 0 Å². The summed E-state index contributed by atoms with van der Waals surface area (Å²) >= 11 is 0. The highest BCUT2D eigenvalue weighted by molar-refractivity contribution is 6.04. The molecule has 1 aromatic heterocycles. The van der Waals surface area contributed by atoms with Crippen LogP contribution in [-0.4, -0.2) is 10.7 Å². The minimum atomic E-state index is 0.662. The summed E-state index contributed by atoms with van der Waals surface area (Å²) in [5.41, 5.74) is 9.62. The van der Waals surface area contributed by atoms with Gasteiger partial charge >= 0.3 is 0 Å². The molecule has 3 aromatic rings. The summed E-state index contributed by atoms with van der Waals surface area (Å²) in [4.78, 5) is 10.2. The maximum Gasteiger partial charge on any atom is 0.0884 e. The van der Waals surface area contributed by atoms with Crippen LogP contribution >= 0.6 is 0 Å². The molecule has 0 N–H and O–H groups in total. The first kappa shape index (κ1) is 17.9. The third-order valence-corrected chi connectivity index (χ3v) is 5.65. The Bertz CT molecular complexity index is 1010. The monoisotopic (exact) mass is 356 g/mol. The standard InChI is InChI=1S/C25H28N2/c1-5-8-19-13-21-15-20-9-6-7-10-22(20)26-25(21)23(14-19)27-24-17(3)11-16(2)12-18(24)4/h6-7,9-12,15,19H,5,8,13-14H2,1-4H3. The molecule has 0 saturated carbocycles. The molecule has 0 fully saturated rings. The highest BCUT2D eigenvalue weighted by Gasteiger charge is 2.25. The van der Waals surface area contributed by atoms with Crippen molar-refractivity contribution in [1.29, 1.82) is 0 Å². The van der Waals surface area contributed by atoms with E-state index >= 15 is 0 Å². The fourth-order valence-corrected chi connectivity index (χ4v) is 4.51. The molecular weight excluding hydrogens is 328 g/mol. The van der Waals surface area contributed by atoms with Gasteiger partial charge in [-0.25, -0.2) is 4.98 Å². The van der Waals surface area contributed by atoms with Crippen LogP contribution in [-0.2, 0) is 6.42 Å². The first-order chi connectivity index (χ1) is 13.0. The zero-order chi connectivity index (χ0) is 19.0. The number of para-hydroxylation sites is 1. The lowest BCUT2D eigenvalue weighted by molar-refractivity contribution is 0.484. The average molecular weight is 357 g/mol. The SMILES string of the molecule is CCCC1CC(=Nc2c(C)cc(C)cc2C)c2nc3ccccc3cc2C1. The Balaban J connectivity index is 1.88. The zero-order valence-electron chi connectivity index (χ0n) is 16.8. The van der Waals surface area contributed by atoms with Gasteiger partial charge in [0.1, 0.15) is 0 Å². The number of rotatable bonds is 3. The van der Waals surface area contributed by atoms with Crippen LogP contribution in [0.1, 0.15) is 54.1 Å². The molecule has 0 bridgehead atoms. The summed E-state index contributed by atoms with van der Waals surface area (Å²) < 4.78 is 0. The van der Waals surface area contributed by atoms with Crippen molar-refractivity contribution in [2.45, 2.75) is 53.4 Å². The summed E-state index contributed by atoms with van der Waals surface area (Å²) in [6.07, 6.45) is 4.61. The number of aromatic nitrogens is 1. The van der Waals surface area contributed by atoms with Gasteiger partial charge < -0.3 is 0 Å². The van der Waals surface area contributed by atoms with Gasteiger partial charge in [0, 0.05) is 5.39 Å². The lowest BCUT2D eigenvalue weighted by atomic mass is 9.82. The van der Waals surface area contributed by atoms with Gasteiger partial charge in [-0.15, -0.1) is 0 Å². The topological polar surface area (TPSA) is 25.2 Å². The van der Waals surface area contributed by atoms with Crippen LogP contribution in [0.15, 0.2) is 47.5 Å². The molecule has 2 nitrogen and oxygen atoms in total. The summed E-state index contributed by atoms with van der Waals surface area (Å²) in [5.74, 6) is 0.662. The van der Waals surface area contributed by atoms with Crippen LogP contribution in [0.4, 0.5) is 5.69 Å². The third-order valence-electron chi connectivity index (χ3n) is 5.65. The molecule has 0 saturated heterocycles. The van der Waals surface area contributed by atoms with Crippen molar-refractivity contribution >= 4 is 22.3 Å². The molecule has 27 heavy (non-hydrogen) atoms. The predicted molar refractivity (Wildman–Crippen MR) is 115 cm³/mol. The fourth-order valence-electron chi connectivity index (χ4n) is 4.51. The Morgan fingerprint density at radius 2 is 1.74 bits per heavy atom. The van der Waals surface area contributed by atoms with Gasteiger partial charge in [0.25, 0.3) is 0 Å². The number of pyridine rings is 1. The van der Waals surface area contributed by atoms with Crippen LogP contribution in [0.25, 0.3) is 10.9 Å². The smallest absolute Gasteiger partial charge is 0.0884 e. The fraction of sp³-hybridized carbons (Fsp3) is 0.360. The highest BCUT2D eigenvalue weighted by Crippen LogP contribution is 2.33. The number of hydrogen-bond acceptors (Lipinski definition) is 2. The Morgan fingerprint density at radius 1 is 1.00 bits per heavy atom. The molecule has 0 spiro atoms. The number of benzene rings is 2. The highest BCUT2D eigenvalue weighted by atomic mass is 14.8. The Kier molecular flexibility index (Phi) is 4.82. The van der Waals surface area contributed by atoms with Crippen molar-refractivity contribution in [3.63, 3.8) is 0 Å². The Morgan fingerprint density at radius 3 is 2.48 bits per heavy atom. The van der Waals surface area contributed by atoms with E-state index in [-0.39, 0.29) is 0 Å². The predicted octanol–water partition coefficient (Wildman–Crippen LogP) is 6.64. The second-order valence-corrected chi connectivity index (χ2v) is 8.06. The van der Waals surface area contributed by atoms with E-state index < -0.39 is 0 Å². The number of fused-ring (bicyclic) bond motifs is 2. The van der Waals surface area contributed by atoms with Crippen molar-refractivity contribution < 1.29 is 0 Å². The van der Waals surface area contributed by atoms with Gasteiger partial charge in [0.05, 0.1) is 22.6 Å². The molecule has 0 aliphatic heterocycles. The molecule has 0 amide bonds. The minimum Gasteiger partial charge on any atom is -0.251 e. The Hall–Kier alpha value is -2.48. The van der Waals surface area contributed by atoms with Crippen molar-refractivity contribution in [3.05, 3.63) is 70.4 Å². The lowest BCUT2D eigenvalue weighted by Gasteiger charge is -2.26. The maximum atomic E-state index is 5.19. The summed E-state index contributed by atoms with van der Waals surface area (Å²) in [7, 11) is 0. The van der Waals surface area contributed by atoms with Gasteiger partial charge in [-0.05, 0) is 68.4 Å². The van der Waals surface area contributed by atoms with Gasteiger partial charge in [-0.3, -0.25) is 4.99 Å². The average Bonchev–Trinajstić information content (AvgIpc) is 2.63. The van der Waals surface area contributed by atoms with Gasteiger partial charge in [-0.1, -0.05) is 55.7 Å². The van der Waals surface area contributed by atoms with Gasteiger partial charge in [0.2, 0.25) is 0 Å². The number of aryl methyl sites for hydroxylation is 3. The van der Waals surface area contributed by atoms with E-state index in [4.69, 9.17) is 9.98 Å². The number of nitrogens with zero attached hydrogens (tertiary/aromatic N) is 2. The second-order valence-electron chi connectivity index (χ2n) is 8.06. The normalized spacial score (nSPS) is 18.1.